The molecule has 0 aromatic rings. The second-order valence-corrected chi connectivity index (χ2v) is 0.238. The Morgan fingerprint density at radius 1 is 0.909 bits per heavy atom. The first-order valence-corrected chi connectivity index (χ1v) is 0.565. The molecule has 11 heavy (non-hydrogen) atoms. The fourth-order valence-corrected chi connectivity index (χ4v) is 0. The summed E-state index contributed by atoms with van der Waals surface area (Å²) in [6, 6.07) is 0. The Balaban J connectivity index is -0.00000000214. The molecule has 0 aliphatic rings. The summed E-state index contributed by atoms with van der Waals surface area (Å²) in [4.78, 5) is 8.36. The van der Waals surface area contributed by atoms with Crippen molar-refractivity contribution in [3.05, 3.63) is 10.1 Å². The molecule has 0 aromatic carbocycles. The van der Waals surface area contributed by atoms with E-state index in [2.05, 4.69) is 0 Å². The van der Waals surface area contributed by atoms with Crippen LogP contribution in [-0.2, 0) is 19.5 Å². The fourth-order valence-electron chi connectivity index (χ4n) is 0. The standard InChI is InChI=1S/HNO3.6H2O.Ru/c2-1(3)4;;;;;;;/h(H,2,3,4);6*1H2;. The summed E-state index contributed by atoms with van der Waals surface area (Å²) in [6.45, 7) is 0. The van der Waals surface area contributed by atoms with Crippen molar-refractivity contribution in [1.29, 1.82) is 0 Å². The van der Waals surface area contributed by atoms with Crippen LogP contribution < -0.4 is 0 Å². The second kappa shape index (κ2) is 106. The molecule has 80 valence electrons. The van der Waals surface area contributed by atoms with E-state index in [1.165, 1.54) is 0 Å². The fraction of sp³-hybridized carbons (Fsp3) is 0. The van der Waals surface area contributed by atoms with Crippen LogP contribution in [0.2, 0.25) is 0 Å². The minimum atomic E-state index is -1.50. The van der Waals surface area contributed by atoms with E-state index in [0.717, 1.165) is 0 Å². The van der Waals surface area contributed by atoms with E-state index in [4.69, 9.17) is 15.3 Å². The molecule has 0 aliphatic carbocycles. The Labute approximate surface area is 73.5 Å². The van der Waals surface area contributed by atoms with Crippen LogP contribution in [0, 0.1) is 10.1 Å². The topological polar surface area (TPSA) is 252 Å². The van der Waals surface area contributed by atoms with Gasteiger partial charge >= 0.3 is 0 Å². The summed E-state index contributed by atoms with van der Waals surface area (Å²) < 4.78 is 0. The third-order valence-corrected chi connectivity index (χ3v) is 0. The first-order valence-electron chi connectivity index (χ1n) is 0.565. The minimum Gasteiger partial charge on any atom is -0.412 e. The van der Waals surface area contributed by atoms with Crippen molar-refractivity contribution in [2.24, 2.45) is 0 Å². The SMILES string of the molecule is O.O.O.O.O.O.O=[N+]([O-])O.[Ru]. The predicted molar refractivity (Wildman–Crippen MR) is 30.5 cm³/mol. The number of hydrogen-bond acceptors (Lipinski definition) is 2. The molecule has 0 amide bonds. The Kier molecular flexibility index (Phi) is 1400. The molecular formula is H13NO9Ru. The number of hydrogen-bond donors (Lipinski definition) is 1. The molecule has 0 heterocycles. The quantitative estimate of drug-likeness (QED) is 0.257. The zero-order valence-corrected chi connectivity index (χ0v) is 6.80. The van der Waals surface area contributed by atoms with E-state index in [1.807, 2.05) is 0 Å². The van der Waals surface area contributed by atoms with Gasteiger partial charge in [-0.3, -0.25) is 0 Å². The molecule has 0 radical (unpaired) electrons. The van der Waals surface area contributed by atoms with E-state index >= 15 is 0 Å². The van der Waals surface area contributed by atoms with Gasteiger partial charge in [-0.25, -0.2) is 0 Å². The summed E-state index contributed by atoms with van der Waals surface area (Å²) in [5, 5.41) is 13.6. The minimum absolute atomic E-state index is 0. The van der Waals surface area contributed by atoms with Crippen molar-refractivity contribution in [2.45, 2.75) is 0 Å². The third-order valence-electron chi connectivity index (χ3n) is 0. The van der Waals surface area contributed by atoms with Gasteiger partial charge in [0.1, 0.15) is 0 Å². The summed E-state index contributed by atoms with van der Waals surface area (Å²) in [5.41, 5.74) is 0. The maximum absolute atomic E-state index is 8.36. The Bertz CT molecular complexity index is 32.5. The molecule has 0 fully saturated rings. The van der Waals surface area contributed by atoms with Crippen molar-refractivity contribution >= 4 is 0 Å². The van der Waals surface area contributed by atoms with Crippen molar-refractivity contribution in [3.8, 4) is 0 Å². The van der Waals surface area contributed by atoms with Crippen molar-refractivity contribution in [1.82, 2.24) is 0 Å². The molecule has 0 spiro atoms. The van der Waals surface area contributed by atoms with Crippen LogP contribution in [0.1, 0.15) is 0 Å². The molecule has 0 bridgehead atoms. The van der Waals surface area contributed by atoms with Gasteiger partial charge in [-0.15, -0.1) is 10.1 Å². The molecule has 0 atom stereocenters. The van der Waals surface area contributed by atoms with Gasteiger partial charge in [0.05, 0.1) is 0 Å². The van der Waals surface area contributed by atoms with Gasteiger partial charge in [-0.1, -0.05) is 0 Å². The monoisotopic (exact) mass is 273 g/mol. The van der Waals surface area contributed by atoms with Crippen LogP contribution >= 0.6 is 0 Å². The van der Waals surface area contributed by atoms with E-state index in [-0.39, 0.29) is 52.3 Å². The molecule has 0 saturated carbocycles. The molecule has 13 N–H and O–H groups in total. The predicted octanol–water partition coefficient (Wildman–Crippen LogP) is -5.30. The van der Waals surface area contributed by atoms with E-state index in [9.17, 15) is 0 Å². The average molecular weight is 272 g/mol. The number of rotatable bonds is 0. The van der Waals surface area contributed by atoms with Crippen LogP contribution in [0.4, 0.5) is 0 Å². The Morgan fingerprint density at radius 3 is 0.909 bits per heavy atom. The smallest absolute Gasteiger partial charge is 0.291 e. The first-order chi connectivity index (χ1) is 1.73. The zero-order chi connectivity index (χ0) is 3.58. The average Bonchev–Trinajstić information content (AvgIpc) is 0.811. The van der Waals surface area contributed by atoms with Crippen molar-refractivity contribution in [2.75, 3.05) is 0 Å². The van der Waals surface area contributed by atoms with E-state index < -0.39 is 5.09 Å². The summed E-state index contributed by atoms with van der Waals surface area (Å²) in [5.74, 6) is 0. The van der Waals surface area contributed by atoms with Gasteiger partial charge in [-0.2, -0.15) is 0 Å². The third kappa shape index (κ3) is 3180. The van der Waals surface area contributed by atoms with Crippen molar-refractivity contribution in [3.63, 3.8) is 0 Å². The van der Waals surface area contributed by atoms with E-state index in [0.29, 0.717) is 0 Å². The van der Waals surface area contributed by atoms with Crippen LogP contribution in [0.5, 0.6) is 0 Å². The first kappa shape index (κ1) is 146. The van der Waals surface area contributed by atoms with Gasteiger partial charge < -0.3 is 38.1 Å². The molecule has 0 aliphatic heterocycles. The molecule has 10 nitrogen and oxygen atoms in total. The molecule has 0 unspecified atom stereocenters. The Morgan fingerprint density at radius 2 is 0.909 bits per heavy atom. The zero-order valence-electron chi connectivity index (χ0n) is 5.06. The van der Waals surface area contributed by atoms with Gasteiger partial charge in [-0.05, 0) is 0 Å². The second-order valence-electron chi connectivity index (χ2n) is 0.238. The Hall–Kier alpha value is -0.417. The molecule has 0 aromatic heterocycles. The normalized spacial score (nSPS) is 2.18. The summed E-state index contributed by atoms with van der Waals surface area (Å²) in [7, 11) is 0. The van der Waals surface area contributed by atoms with Crippen LogP contribution in [0.15, 0.2) is 0 Å². The largest absolute Gasteiger partial charge is 0.412 e. The van der Waals surface area contributed by atoms with Crippen LogP contribution in [0.3, 0.4) is 0 Å². The maximum Gasteiger partial charge on any atom is 0.291 e. The van der Waals surface area contributed by atoms with Gasteiger partial charge in [0.25, 0.3) is 5.09 Å². The molecule has 11 heteroatoms. The van der Waals surface area contributed by atoms with Crippen LogP contribution in [0.25, 0.3) is 0 Å². The summed E-state index contributed by atoms with van der Waals surface area (Å²) in [6.07, 6.45) is 0. The van der Waals surface area contributed by atoms with Crippen molar-refractivity contribution < 1.29 is 62.6 Å². The van der Waals surface area contributed by atoms with Gasteiger partial charge in [0.2, 0.25) is 0 Å². The number of nitrogens with zero attached hydrogens (tertiary/aromatic N) is 1. The van der Waals surface area contributed by atoms with Gasteiger partial charge in [0.15, 0.2) is 0 Å². The molecule has 0 saturated heterocycles. The van der Waals surface area contributed by atoms with E-state index in [1.54, 1.807) is 0 Å². The van der Waals surface area contributed by atoms with Gasteiger partial charge in [0, 0.05) is 19.5 Å². The molecular weight excluding hydrogens is 259 g/mol. The summed E-state index contributed by atoms with van der Waals surface area (Å²) >= 11 is 0. The molecule has 0 rings (SSSR count). The van der Waals surface area contributed by atoms with Crippen LogP contribution in [-0.4, -0.2) is 43.2 Å². The maximum atomic E-state index is 8.36.